The molecule has 1 aromatic heterocycles. The van der Waals surface area contributed by atoms with Gasteiger partial charge in [0.1, 0.15) is 17.2 Å². The lowest BCUT2D eigenvalue weighted by Crippen LogP contribution is -2.25. The topological polar surface area (TPSA) is 41.0 Å². The number of anilines is 2. The molecule has 4 nitrogen and oxygen atoms in total. The van der Waals surface area contributed by atoms with Crippen LogP contribution in [0, 0.1) is 0 Å². The molecular formula is C14H16N4S. The van der Waals surface area contributed by atoms with Crippen LogP contribution in [0.1, 0.15) is 5.56 Å². The Morgan fingerprint density at radius 3 is 3.05 bits per heavy atom. The highest BCUT2D eigenvalue weighted by Gasteiger charge is 2.17. The smallest absolute Gasteiger partial charge is 0.137 e. The summed E-state index contributed by atoms with van der Waals surface area (Å²) in [7, 11) is 0. The molecule has 0 fully saturated rings. The molecule has 2 heterocycles. The molecule has 0 saturated carbocycles. The molecule has 1 aromatic carbocycles. The minimum Gasteiger partial charge on any atom is -0.325 e. The number of para-hydroxylation sites is 1. The summed E-state index contributed by atoms with van der Waals surface area (Å²) in [6.45, 7) is 2.78. The minimum atomic E-state index is 0.910. The van der Waals surface area contributed by atoms with E-state index in [9.17, 15) is 0 Å². The van der Waals surface area contributed by atoms with Crippen molar-refractivity contribution in [3.8, 4) is 0 Å². The van der Waals surface area contributed by atoms with E-state index in [1.165, 1.54) is 11.3 Å². The number of hydrogen-bond acceptors (Lipinski definition) is 5. The molecule has 1 aliphatic rings. The number of nitrogens with one attached hydrogen (secondary N) is 1. The highest BCUT2D eigenvalue weighted by molar-refractivity contribution is 7.98. The third-order valence-electron chi connectivity index (χ3n) is 3.22. The second kappa shape index (κ2) is 5.59. The van der Waals surface area contributed by atoms with Crippen LogP contribution in [0.4, 0.5) is 11.5 Å². The summed E-state index contributed by atoms with van der Waals surface area (Å²) < 4.78 is 0. The van der Waals surface area contributed by atoms with Gasteiger partial charge in [0, 0.05) is 31.4 Å². The maximum absolute atomic E-state index is 4.43. The molecule has 0 bridgehead atoms. The molecule has 3 rings (SSSR count). The first-order valence-electron chi connectivity index (χ1n) is 6.30. The van der Waals surface area contributed by atoms with E-state index in [4.69, 9.17) is 0 Å². The van der Waals surface area contributed by atoms with Gasteiger partial charge in [-0.25, -0.2) is 9.97 Å². The molecule has 0 atom stereocenters. The van der Waals surface area contributed by atoms with Gasteiger partial charge < -0.3 is 10.2 Å². The van der Waals surface area contributed by atoms with Gasteiger partial charge in [0.25, 0.3) is 0 Å². The number of fused-ring (bicyclic) bond motifs is 1. The van der Waals surface area contributed by atoms with Gasteiger partial charge in [-0.2, -0.15) is 0 Å². The molecule has 1 N–H and O–H groups in total. The lowest BCUT2D eigenvalue weighted by Gasteiger charge is -2.23. The molecule has 98 valence electrons. The fourth-order valence-electron chi connectivity index (χ4n) is 2.29. The van der Waals surface area contributed by atoms with Crippen molar-refractivity contribution >= 4 is 23.3 Å². The highest BCUT2D eigenvalue weighted by atomic mass is 32.2. The van der Waals surface area contributed by atoms with Crippen LogP contribution in [-0.4, -0.2) is 29.3 Å². The average Bonchev–Trinajstić information content (AvgIpc) is 2.69. The second-order valence-electron chi connectivity index (χ2n) is 4.38. The largest absolute Gasteiger partial charge is 0.325 e. The van der Waals surface area contributed by atoms with Crippen molar-refractivity contribution in [3.05, 3.63) is 42.2 Å². The third-order valence-corrected chi connectivity index (χ3v) is 3.86. The molecule has 1 aliphatic heterocycles. The summed E-state index contributed by atoms with van der Waals surface area (Å²) in [5, 5.41) is 4.44. The molecule has 2 aromatic rings. The van der Waals surface area contributed by atoms with Crippen LogP contribution < -0.4 is 10.2 Å². The summed E-state index contributed by atoms with van der Waals surface area (Å²) in [5.41, 5.74) is 2.54. The van der Waals surface area contributed by atoms with Crippen molar-refractivity contribution in [1.29, 1.82) is 0 Å². The van der Waals surface area contributed by atoms with Crippen LogP contribution in [0.15, 0.2) is 41.7 Å². The molecule has 0 unspecified atom stereocenters. The second-order valence-corrected chi connectivity index (χ2v) is 5.20. The van der Waals surface area contributed by atoms with Crippen LogP contribution in [0.2, 0.25) is 0 Å². The summed E-state index contributed by atoms with van der Waals surface area (Å²) in [6, 6.07) is 10.5. The van der Waals surface area contributed by atoms with E-state index < -0.39 is 0 Å². The molecule has 5 heteroatoms. The van der Waals surface area contributed by atoms with Crippen molar-refractivity contribution in [2.75, 3.05) is 24.2 Å². The molecule has 0 spiro atoms. The summed E-state index contributed by atoms with van der Waals surface area (Å²) >= 11 is 1.64. The van der Waals surface area contributed by atoms with E-state index >= 15 is 0 Å². The van der Waals surface area contributed by atoms with Crippen LogP contribution >= 0.6 is 11.8 Å². The van der Waals surface area contributed by atoms with E-state index in [0.29, 0.717) is 0 Å². The quantitative estimate of drug-likeness (QED) is 0.672. The summed E-state index contributed by atoms with van der Waals surface area (Å²) in [6.07, 6.45) is 3.67. The predicted molar refractivity (Wildman–Crippen MR) is 79.0 cm³/mol. The first kappa shape index (κ1) is 12.4. The van der Waals surface area contributed by atoms with E-state index in [0.717, 1.165) is 30.5 Å². The van der Waals surface area contributed by atoms with Crippen molar-refractivity contribution in [1.82, 2.24) is 15.3 Å². The van der Waals surface area contributed by atoms with Gasteiger partial charge in [-0.1, -0.05) is 18.2 Å². The van der Waals surface area contributed by atoms with Crippen molar-refractivity contribution < 1.29 is 0 Å². The lowest BCUT2D eigenvalue weighted by atomic mass is 10.1. The monoisotopic (exact) mass is 272 g/mol. The van der Waals surface area contributed by atoms with Gasteiger partial charge in [0.15, 0.2) is 0 Å². The Hall–Kier alpha value is -1.59. The zero-order valence-electron chi connectivity index (χ0n) is 10.8. The average molecular weight is 272 g/mol. The maximum atomic E-state index is 4.43. The molecule has 0 saturated heterocycles. The minimum absolute atomic E-state index is 0.910. The maximum Gasteiger partial charge on any atom is 0.137 e. The number of aromatic nitrogens is 2. The number of nitrogens with zero attached hydrogens (tertiary/aromatic N) is 3. The number of thioether (sulfide) groups is 1. The van der Waals surface area contributed by atoms with Crippen LogP contribution in [0.5, 0.6) is 0 Å². The van der Waals surface area contributed by atoms with Gasteiger partial charge in [-0.15, -0.1) is 11.8 Å². The standard InChI is InChI=1S/C14H16N4S/c1-19-14-8-13(16-10-17-14)18-7-6-15-9-11-4-2-3-5-12(11)18/h2-5,8,10,15H,6-7,9H2,1H3. The normalized spacial score (nSPS) is 14.9. The predicted octanol–water partition coefficient (Wildman–Crippen LogP) is 2.44. The Balaban J connectivity index is 2.03. The van der Waals surface area contributed by atoms with E-state index in [1.807, 2.05) is 12.3 Å². The number of hydrogen-bond donors (Lipinski definition) is 1. The molecule has 0 radical (unpaired) electrons. The van der Waals surface area contributed by atoms with Crippen LogP contribution in [0.25, 0.3) is 0 Å². The zero-order chi connectivity index (χ0) is 13.1. The lowest BCUT2D eigenvalue weighted by molar-refractivity contribution is 0.710. The fraction of sp³-hybridized carbons (Fsp3) is 0.286. The number of rotatable bonds is 2. The molecular weight excluding hydrogens is 256 g/mol. The Bertz CT molecular complexity index is 573. The van der Waals surface area contributed by atoms with Gasteiger partial charge in [-0.05, 0) is 17.9 Å². The Morgan fingerprint density at radius 2 is 2.16 bits per heavy atom. The summed E-state index contributed by atoms with van der Waals surface area (Å²) in [5.74, 6) is 0.968. The number of benzene rings is 1. The Kier molecular flexibility index (Phi) is 3.66. The van der Waals surface area contributed by atoms with Gasteiger partial charge in [-0.3, -0.25) is 0 Å². The van der Waals surface area contributed by atoms with E-state index in [1.54, 1.807) is 18.1 Å². The Labute approximate surface area is 117 Å². The zero-order valence-corrected chi connectivity index (χ0v) is 11.7. The first-order chi connectivity index (χ1) is 9.38. The van der Waals surface area contributed by atoms with Gasteiger partial charge in [0.2, 0.25) is 0 Å². The van der Waals surface area contributed by atoms with Crippen LogP contribution in [0.3, 0.4) is 0 Å². The highest BCUT2D eigenvalue weighted by Crippen LogP contribution is 2.29. The van der Waals surface area contributed by atoms with E-state index in [-0.39, 0.29) is 0 Å². The fourth-order valence-corrected chi connectivity index (χ4v) is 2.66. The molecule has 0 amide bonds. The van der Waals surface area contributed by atoms with Crippen molar-refractivity contribution in [2.24, 2.45) is 0 Å². The first-order valence-corrected chi connectivity index (χ1v) is 7.53. The molecule has 19 heavy (non-hydrogen) atoms. The van der Waals surface area contributed by atoms with Crippen LogP contribution in [-0.2, 0) is 6.54 Å². The molecule has 0 aliphatic carbocycles. The van der Waals surface area contributed by atoms with Gasteiger partial charge >= 0.3 is 0 Å². The summed E-state index contributed by atoms with van der Waals surface area (Å²) in [4.78, 5) is 10.9. The SMILES string of the molecule is CSc1cc(N2CCNCc3ccccc32)ncn1. The van der Waals surface area contributed by atoms with Crippen molar-refractivity contribution in [2.45, 2.75) is 11.6 Å². The van der Waals surface area contributed by atoms with Gasteiger partial charge in [0.05, 0.1) is 0 Å². The van der Waals surface area contributed by atoms with Crippen molar-refractivity contribution in [3.63, 3.8) is 0 Å². The van der Waals surface area contributed by atoms with E-state index in [2.05, 4.69) is 44.5 Å². The Morgan fingerprint density at radius 1 is 1.26 bits per heavy atom. The third kappa shape index (κ3) is 2.57.